The van der Waals surface area contributed by atoms with Crippen molar-refractivity contribution < 1.29 is 4.42 Å². The molecule has 0 radical (unpaired) electrons. The van der Waals surface area contributed by atoms with Crippen molar-refractivity contribution in [3.63, 3.8) is 0 Å². The van der Waals surface area contributed by atoms with Crippen molar-refractivity contribution in [2.24, 2.45) is 0 Å². The average Bonchev–Trinajstić information content (AvgIpc) is 3.87. The molecule has 0 aliphatic carbocycles. The highest BCUT2D eigenvalue weighted by molar-refractivity contribution is 7.27. The lowest BCUT2D eigenvalue weighted by Gasteiger charge is -2.18. The second-order valence-corrected chi connectivity index (χ2v) is 15.7. The first-order valence-corrected chi connectivity index (χ1v) is 19.0. The number of furan rings is 1. The van der Waals surface area contributed by atoms with Gasteiger partial charge in [-0.05, 0) is 91.6 Å². The van der Waals surface area contributed by atoms with Crippen LogP contribution in [0.3, 0.4) is 0 Å². The van der Waals surface area contributed by atoms with Crippen molar-refractivity contribution in [2.45, 2.75) is 0 Å². The summed E-state index contributed by atoms with van der Waals surface area (Å²) in [4.78, 5) is 0. The van der Waals surface area contributed by atoms with Crippen LogP contribution in [0.5, 0.6) is 0 Å². The van der Waals surface area contributed by atoms with Crippen molar-refractivity contribution >= 4 is 117 Å². The third-order valence-electron chi connectivity index (χ3n) is 10.9. The first-order chi connectivity index (χ1) is 25.3. The Morgan fingerprint density at radius 2 is 0.843 bits per heavy atom. The van der Waals surface area contributed by atoms with Gasteiger partial charge < -0.3 is 4.42 Å². The summed E-state index contributed by atoms with van der Waals surface area (Å²) in [6.07, 6.45) is 0. The summed E-state index contributed by atoms with van der Waals surface area (Å²) in [7, 11) is 0. The molecule has 3 heterocycles. The van der Waals surface area contributed by atoms with Crippen LogP contribution in [0.4, 0.5) is 0 Å². The number of hydrogen-bond donors (Lipinski definition) is 0. The summed E-state index contributed by atoms with van der Waals surface area (Å²) >= 11 is 3.77. The van der Waals surface area contributed by atoms with Crippen LogP contribution in [0.15, 0.2) is 162 Å². The molecule has 0 saturated carbocycles. The zero-order valence-electron chi connectivity index (χ0n) is 27.2. The zero-order chi connectivity index (χ0) is 33.2. The average molecular weight is 683 g/mol. The van der Waals surface area contributed by atoms with E-state index >= 15 is 0 Å². The number of para-hydroxylation sites is 1. The predicted octanol–water partition coefficient (Wildman–Crippen LogP) is 15.1. The minimum atomic E-state index is 0.937. The van der Waals surface area contributed by atoms with Crippen molar-refractivity contribution in [1.29, 1.82) is 0 Å². The minimum absolute atomic E-state index is 0.937. The fourth-order valence-corrected chi connectivity index (χ4v) is 11.0. The van der Waals surface area contributed by atoms with E-state index in [1.54, 1.807) is 0 Å². The van der Waals surface area contributed by atoms with Gasteiger partial charge in [-0.15, -0.1) is 22.7 Å². The van der Waals surface area contributed by atoms with Gasteiger partial charge >= 0.3 is 0 Å². The van der Waals surface area contributed by atoms with Gasteiger partial charge in [0.25, 0.3) is 0 Å². The SMILES string of the molecule is c1ccc2c(c1)oc1ccc3c(ccc4c5cc(-c6c7ccccc7c(-c7ccc8c(c7)sc7ccccc78)c7ccccc67)ccc5sc43)c12. The van der Waals surface area contributed by atoms with Crippen molar-refractivity contribution in [1.82, 2.24) is 0 Å². The van der Waals surface area contributed by atoms with Gasteiger partial charge in [0.2, 0.25) is 0 Å². The quantitative estimate of drug-likeness (QED) is 0.165. The van der Waals surface area contributed by atoms with Gasteiger partial charge in [-0.3, -0.25) is 0 Å². The van der Waals surface area contributed by atoms with E-state index in [1.807, 2.05) is 28.7 Å². The molecule has 0 bridgehead atoms. The molecule has 0 amide bonds. The standard InChI is InChI=1S/C48H26OS2/c1-3-12-33-31(10-1)45(32-11-2-4-13-34(32)46(33)28-17-19-30-29-9-6-8-16-42(29)50-44(30)26-28)27-18-24-43-39(25-27)37-21-20-35-36(48(37)51-43)22-23-41-47(35)38-14-5-7-15-40(38)49-41/h1-26H. The van der Waals surface area contributed by atoms with Crippen LogP contribution in [-0.2, 0) is 0 Å². The van der Waals surface area contributed by atoms with Crippen LogP contribution < -0.4 is 0 Å². The van der Waals surface area contributed by atoms with Crippen molar-refractivity contribution in [3.05, 3.63) is 158 Å². The molecule has 51 heavy (non-hydrogen) atoms. The summed E-state index contributed by atoms with van der Waals surface area (Å²) in [6, 6.07) is 58.2. The molecule has 0 unspecified atom stereocenters. The van der Waals surface area contributed by atoms with E-state index in [1.165, 1.54) is 106 Å². The van der Waals surface area contributed by atoms with Crippen LogP contribution in [0.25, 0.3) is 117 Å². The van der Waals surface area contributed by atoms with E-state index in [4.69, 9.17) is 4.42 Å². The van der Waals surface area contributed by atoms with Crippen LogP contribution in [-0.4, -0.2) is 0 Å². The topological polar surface area (TPSA) is 13.1 Å². The summed E-state index contributed by atoms with van der Waals surface area (Å²) in [5.74, 6) is 0. The molecular weight excluding hydrogens is 657 g/mol. The van der Waals surface area contributed by atoms with Crippen molar-refractivity contribution in [3.8, 4) is 22.3 Å². The largest absolute Gasteiger partial charge is 0.456 e. The molecule has 0 N–H and O–H groups in total. The molecule has 0 fully saturated rings. The molecule has 0 spiro atoms. The maximum atomic E-state index is 6.24. The Morgan fingerprint density at radius 3 is 1.61 bits per heavy atom. The van der Waals surface area contributed by atoms with E-state index in [9.17, 15) is 0 Å². The maximum absolute atomic E-state index is 6.24. The molecule has 3 aromatic heterocycles. The van der Waals surface area contributed by atoms with Crippen LogP contribution in [0, 0.1) is 0 Å². The Kier molecular flexibility index (Phi) is 5.59. The van der Waals surface area contributed by atoms with Crippen LogP contribution in [0.1, 0.15) is 0 Å². The predicted molar refractivity (Wildman–Crippen MR) is 223 cm³/mol. The Bertz CT molecular complexity index is 3370. The lowest BCUT2D eigenvalue weighted by atomic mass is 9.85. The minimum Gasteiger partial charge on any atom is -0.456 e. The Hall–Kier alpha value is -6.00. The third-order valence-corrected chi connectivity index (χ3v) is 13.2. The van der Waals surface area contributed by atoms with E-state index < -0.39 is 0 Å². The highest BCUT2D eigenvalue weighted by Gasteiger charge is 2.19. The number of hydrogen-bond acceptors (Lipinski definition) is 3. The van der Waals surface area contributed by atoms with Gasteiger partial charge in [-0.25, -0.2) is 0 Å². The normalized spacial score (nSPS) is 12.3. The molecule has 236 valence electrons. The molecule has 0 atom stereocenters. The Morgan fingerprint density at radius 1 is 0.314 bits per heavy atom. The molecule has 1 nitrogen and oxygen atoms in total. The molecule has 9 aromatic carbocycles. The Balaban J connectivity index is 1.10. The number of thiophene rings is 2. The number of benzene rings is 9. The van der Waals surface area contributed by atoms with Gasteiger partial charge in [0.1, 0.15) is 11.2 Å². The maximum Gasteiger partial charge on any atom is 0.136 e. The highest BCUT2D eigenvalue weighted by atomic mass is 32.1. The van der Waals surface area contributed by atoms with E-state index in [0.29, 0.717) is 0 Å². The lowest BCUT2D eigenvalue weighted by Crippen LogP contribution is -1.90. The highest BCUT2D eigenvalue weighted by Crippen LogP contribution is 2.48. The molecular formula is C48H26OS2. The van der Waals surface area contributed by atoms with E-state index in [2.05, 4.69) is 152 Å². The summed E-state index contributed by atoms with van der Waals surface area (Å²) in [6.45, 7) is 0. The smallest absolute Gasteiger partial charge is 0.136 e. The summed E-state index contributed by atoms with van der Waals surface area (Å²) in [5.41, 5.74) is 6.98. The molecule has 3 heteroatoms. The molecule has 0 aliphatic rings. The van der Waals surface area contributed by atoms with Gasteiger partial charge in [0, 0.05) is 56.5 Å². The van der Waals surface area contributed by atoms with Gasteiger partial charge in [-0.2, -0.15) is 0 Å². The Labute approximate surface area is 300 Å². The van der Waals surface area contributed by atoms with Gasteiger partial charge in [-0.1, -0.05) is 115 Å². The zero-order valence-corrected chi connectivity index (χ0v) is 28.9. The molecule has 12 rings (SSSR count). The number of rotatable bonds is 2. The van der Waals surface area contributed by atoms with Crippen molar-refractivity contribution in [2.75, 3.05) is 0 Å². The second-order valence-electron chi connectivity index (χ2n) is 13.5. The molecule has 12 aromatic rings. The lowest BCUT2D eigenvalue weighted by molar-refractivity contribution is 0.669. The molecule has 0 saturated heterocycles. The van der Waals surface area contributed by atoms with Gasteiger partial charge in [0.05, 0.1) is 0 Å². The molecule has 0 aliphatic heterocycles. The van der Waals surface area contributed by atoms with E-state index in [0.717, 1.165) is 11.2 Å². The first kappa shape index (κ1) is 27.8. The summed E-state index contributed by atoms with van der Waals surface area (Å²) < 4.78 is 11.5. The van der Waals surface area contributed by atoms with Crippen LogP contribution in [0.2, 0.25) is 0 Å². The first-order valence-electron chi connectivity index (χ1n) is 17.3. The van der Waals surface area contributed by atoms with Gasteiger partial charge in [0.15, 0.2) is 0 Å². The third kappa shape index (κ3) is 3.85. The van der Waals surface area contributed by atoms with E-state index in [-0.39, 0.29) is 0 Å². The fraction of sp³-hybridized carbons (Fsp3) is 0. The second kappa shape index (κ2) is 10.3. The monoisotopic (exact) mass is 682 g/mol. The van der Waals surface area contributed by atoms with Crippen LogP contribution >= 0.6 is 22.7 Å². The summed E-state index contributed by atoms with van der Waals surface area (Å²) in [5, 5.41) is 15.3. The fourth-order valence-electron chi connectivity index (χ4n) is 8.65. The number of fused-ring (bicyclic) bond motifs is 14.